The largest absolute Gasteiger partial charge is 0.372 e. The fourth-order valence-electron chi connectivity index (χ4n) is 2.28. The van der Waals surface area contributed by atoms with E-state index >= 15 is 0 Å². The van der Waals surface area contributed by atoms with Crippen LogP contribution in [0, 0.1) is 0 Å². The number of aromatic nitrogens is 6. The summed E-state index contributed by atoms with van der Waals surface area (Å²) >= 11 is 0. The van der Waals surface area contributed by atoms with Crippen LogP contribution in [0.3, 0.4) is 0 Å². The normalized spacial score (nSPS) is 10.8. The van der Waals surface area contributed by atoms with Gasteiger partial charge < -0.3 is 0 Å². The molecular formula is C16H18N6O. The molecule has 0 saturated carbocycles. The van der Waals surface area contributed by atoms with E-state index in [-0.39, 0.29) is 6.03 Å². The molecule has 0 saturated heterocycles. The Morgan fingerprint density at radius 3 is 2.74 bits per heavy atom. The van der Waals surface area contributed by atoms with Crippen molar-refractivity contribution in [1.29, 1.82) is 0 Å². The molecule has 7 heteroatoms. The van der Waals surface area contributed by atoms with Gasteiger partial charge >= 0.3 is 6.03 Å². The van der Waals surface area contributed by atoms with Gasteiger partial charge in [-0.25, -0.2) is 14.8 Å². The molecule has 0 aliphatic rings. The molecule has 0 unspecified atom stereocenters. The van der Waals surface area contributed by atoms with Crippen molar-refractivity contribution in [3.63, 3.8) is 0 Å². The van der Waals surface area contributed by atoms with Crippen molar-refractivity contribution in [2.75, 3.05) is 0 Å². The summed E-state index contributed by atoms with van der Waals surface area (Å²) in [6.07, 6.45) is 6.04. The van der Waals surface area contributed by atoms with Gasteiger partial charge in [-0.3, -0.25) is 0 Å². The number of benzene rings is 1. The molecular weight excluding hydrogens is 292 g/mol. The van der Waals surface area contributed by atoms with E-state index in [0.717, 1.165) is 29.5 Å². The van der Waals surface area contributed by atoms with Crippen LogP contribution in [0.4, 0.5) is 4.79 Å². The summed E-state index contributed by atoms with van der Waals surface area (Å²) < 4.78 is 2.49. The molecule has 0 N–H and O–H groups in total. The predicted molar refractivity (Wildman–Crippen MR) is 84.1 cm³/mol. The molecule has 0 amide bonds. The maximum atomic E-state index is 12.5. The number of nitrogens with zero attached hydrogens (tertiary/aromatic N) is 6. The summed E-state index contributed by atoms with van der Waals surface area (Å²) in [7, 11) is 0. The van der Waals surface area contributed by atoms with Gasteiger partial charge in [0.1, 0.15) is 18.5 Å². The van der Waals surface area contributed by atoms with Gasteiger partial charge in [0.15, 0.2) is 5.82 Å². The minimum atomic E-state index is -0.372. The van der Waals surface area contributed by atoms with Crippen molar-refractivity contribution in [3.8, 4) is 0 Å². The van der Waals surface area contributed by atoms with Gasteiger partial charge in [0.05, 0.1) is 0 Å². The highest BCUT2D eigenvalue weighted by atomic mass is 16.2. The molecule has 118 valence electrons. The quantitative estimate of drug-likeness (QED) is 0.722. The minimum absolute atomic E-state index is 0.372. The molecule has 3 aromatic rings. The average molecular weight is 310 g/mol. The smallest absolute Gasteiger partial charge is 0.243 e. The lowest BCUT2D eigenvalue weighted by Gasteiger charge is -2.04. The number of carbonyl (C=O) groups excluding carboxylic acids is 1. The highest BCUT2D eigenvalue weighted by Gasteiger charge is 2.18. The van der Waals surface area contributed by atoms with Gasteiger partial charge in [-0.1, -0.05) is 43.7 Å². The average Bonchev–Trinajstić information content (AvgIpc) is 3.23. The Balaban J connectivity index is 1.92. The maximum Gasteiger partial charge on any atom is 0.372 e. The topological polar surface area (TPSA) is 78.5 Å². The molecule has 0 atom stereocenters. The van der Waals surface area contributed by atoms with E-state index in [2.05, 4.69) is 27.1 Å². The second-order valence-corrected chi connectivity index (χ2v) is 5.24. The number of hydrogen-bond acceptors (Lipinski definition) is 5. The van der Waals surface area contributed by atoms with Crippen LogP contribution < -0.4 is 0 Å². The van der Waals surface area contributed by atoms with E-state index in [1.54, 1.807) is 0 Å². The van der Waals surface area contributed by atoms with Gasteiger partial charge in [0.25, 0.3) is 0 Å². The SMILES string of the molecule is CCCCc1nc(Cc2ccccc2)n(C(=O)n2cncn2)n1. The van der Waals surface area contributed by atoms with E-state index in [1.807, 2.05) is 30.3 Å². The third-order valence-corrected chi connectivity index (χ3v) is 3.47. The van der Waals surface area contributed by atoms with Crippen LogP contribution in [0.5, 0.6) is 0 Å². The van der Waals surface area contributed by atoms with Gasteiger partial charge in [-0.2, -0.15) is 14.5 Å². The van der Waals surface area contributed by atoms with Crippen molar-refractivity contribution in [1.82, 2.24) is 29.5 Å². The van der Waals surface area contributed by atoms with Crippen molar-refractivity contribution in [3.05, 3.63) is 60.2 Å². The molecule has 2 heterocycles. The number of carbonyl (C=O) groups is 1. The van der Waals surface area contributed by atoms with Gasteiger partial charge in [0.2, 0.25) is 0 Å². The van der Waals surface area contributed by atoms with Crippen molar-refractivity contribution >= 4 is 6.03 Å². The molecule has 0 radical (unpaired) electrons. The van der Waals surface area contributed by atoms with E-state index in [9.17, 15) is 4.79 Å². The molecule has 2 aromatic heterocycles. The summed E-state index contributed by atoms with van der Waals surface area (Å²) in [5.74, 6) is 1.30. The van der Waals surface area contributed by atoms with Crippen LogP contribution in [0.25, 0.3) is 0 Å². The zero-order valence-electron chi connectivity index (χ0n) is 13.0. The van der Waals surface area contributed by atoms with Gasteiger partial charge in [-0.15, -0.1) is 5.10 Å². The summed E-state index contributed by atoms with van der Waals surface area (Å²) in [5, 5.41) is 8.25. The zero-order valence-corrected chi connectivity index (χ0v) is 13.0. The van der Waals surface area contributed by atoms with E-state index in [0.29, 0.717) is 18.1 Å². The Kier molecular flexibility index (Phi) is 4.56. The fourth-order valence-corrected chi connectivity index (χ4v) is 2.28. The summed E-state index contributed by atoms with van der Waals surface area (Å²) in [6, 6.07) is 9.53. The van der Waals surface area contributed by atoms with Crippen molar-refractivity contribution in [2.45, 2.75) is 32.6 Å². The molecule has 1 aromatic carbocycles. The Hall–Kier alpha value is -2.83. The van der Waals surface area contributed by atoms with Gasteiger partial charge in [0, 0.05) is 12.8 Å². The molecule has 0 aliphatic carbocycles. The summed E-state index contributed by atoms with van der Waals surface area (Å²) in [6.45, 7) is 2.11. The first kappa shape index (κ1) is 15.1. The second kappa shape index (κ2) is 6.95. The first-order chi connectivity index (χ1) is 11.3. The highest BCUT2D eigenvalue weighted by Crippen LogP contribution is 2.10. The Morgan fingerprint density at radius 1 is 1.22 bits per heavy atom. The number of aryl methyl sites for hydroxylation is 1. The van der Waals surface area contributed by atoms with E-state index in [1.165, 1.54) is 17.3 Å². The zero-order chi connectivity index (χ0) is 16.1. The Morgan fingerprint density at radius 2 is 2.04 bits per heavy atom. The number of unbranched alkanes of at least 4 members (excludes halogenated alkanes) is 1. The second-order valence-electron chi connectivity index (χ2n) is 5.24. The predicted octanol–water partition coefficient (Wildman–Crippen LogP) is 2.32. The van der Waals surface area contributed by atoms with Crippen LogP contribution in [0.1, 0.15) is 37.0 Å². The molecule has 0 fully saturated rings. The lowest BCUT2D eigenvalue weighted by Crippen LogP contribution is -2.23. The number of rotatable bonds is 5. The number of hydrogen-bond donors (Lipinski definition) is 0. The van der Waals surface area contributed by atoms with E-state index in [4.69, 9.17) is 0 Å². The maximum absolute atomic E-state index is 12.5. The molecule has 23 heavy (non-hydrogen) atoms. The minimum Gasteiger partial charge on any atom is -0.243 e. The molecule has 7 nitrogen and oxygen atoms in total. The van der Waals surface area contributed by atoms with Crippen LogP contribution in [-0.2, 0) is 12.8 Å². The van der Waals surface area contributed by atoms with Crippen molar-refractivity contribution in [2.24, 2.45) is 0 Å². The third-order valence-electron chi connectivity index (χ3n) is 3.47. The van der Waals surface area contributed by atoms with Crippen LogP contribution >= 0.6 is 0 Å². The van der Waals surface area contributed by atoms with Crippen LogP contribution in [0.15, 0.2) is 43.0 Å². The fraction of sp³-hybridized carbons (Fsp3) is 0.312. The van der Waals surface area contributed by atoms with E-state index < -0.39 is 0 Å². The summed E-state index contributed by atoms with van der Waals surface area (Å²) in [5.41, 5.74) is 1.08. The van der Waals surface area contributed by atoms with Crippen LogP contribution in [-0.4, -0.2) is 35.6 Å². The first-order valence-corrected chi connectivity index (χ1v) is 7.66. The summed E-state index contributed by atoms with van der Waals surface area (Å²) in [4.78, 5) is 20.9. The molecule has 0 spiro atoms. The third kappa shape index (κ3) is 3.50. The molecule has 3 rings (SSSR count). The lowest BCUT2D eigenvalue weighted by atomic mass is 10.1. The lowest BCUT2D eigenvalue weighted by molar-refractivity contribution is 0.237. The molecule has 0 aliphatic heterocycles. The van der Waals surface area contributed by atoms with Crippen LogP contribution in [0.2, 0.25) is 0 Å². The Bertz CT molecular complexity index is 763. The van der Waals surface area contributed by atoms with Gasteiger partial charge in [-0.05, 0) is 12.0 Å². The van der Waals surface area contributed by atoms with Crippen molar-refractivity contribution < 1.29 is 4.79 Å². The standard InChI is InChI=1S/C16H18N6O/c1-2-3-9-14-19-15(10-13-7-5-4-6-8-13)22(20-14)16(23)21-12-17-11-18-21/h4-8,11-12H,2-3,9-10H2,1H3. The highest BCUT2D eigenvalue weighted by molar-refractivity contribution is 5.77. The molecule has 0 bridgehead atoms. The first-order valence-electron chi connectivity index (χ1n) is 7.66. The Labute approximate surface area is 134 Å². The monoisotopic (exact) mass is 310 g/mol.